The van der Waals surface area contributed by atoms with Gasteiger partial charge in [0.2, 0.25) is 0 Å². The van der Waals surface area contributed by atoms with Crippen molar-refractivity contribution >= 4 is 17.5 Å². The molecule has 0 saturated carbocycles. The van der Waals surface area contributed by atoms with Crippen molar-refractivity contribution in [2.45, 2.75) is 33.2 Å². The fourth-order valence-electron chi connectivity index (χ4n) is 1.75. The summed E-state index contributed by atoms with van der Waals surface area (Å²) >= 11 is 5.78. The van der Waals surface area contributed by atoms with Crippen LogP contribution in [0.1, 0.15) is 37.7 Å². The molecule has 4 heteroatoms. The number of hydrogen-bond donors (Lipinski definition) is 0. The van der Waals surface area contributed by atoms with Crippen LogP contribution in [0.15, 0.2) is 18.2 Å². The van der Waals surface area contributed by atoms with Crippen molar-refractivity contribution in [3.63, 3.8) is 0 Å². The summed E-state index contributed by atoms with van der Waals surface area (Å²) in [7, 11) is 1.80. The predicted octanol–water partition coefficient (Wildman–Crippen LogP) is 3.24. The zero-order chi connectivity index (χ0) is 13.0. The lowest BCUT2D eigenvalue weighted by Gasteiger charge is -2.26. The first-order valence-electron chi connectivity index (χ1n) is 5.81. The SMILES string of the molecule is CC(C)CC(C)N(C)C(=O)c1cccc(Cl)n1. The number of hydrogen-bond acceptors (Lipinski definition) is 2. The molecule has 1 rings (SSSR count). The van der Waals surface area contributed by atoms with Gasteiger partial charge in [-0.1, -0.05) is 31.5 Å². The molecule has 0 aliphatic heterocycles. The fourth-order valence-corrected chi connectivity index (χ4v) is 1.91. The molecule has 1 aromatic rings. The summed E-state index contributed by atoms with van der Waals surface area (Å²) in [5.74, 6) is 0.480. The van der Waals surface area contributed by atoms with Crippen molar-refractivity contribution in [3.8, 4) is 0 Å². The van der Waals surface area contributed by atoms with Gasteiger partial charge in [0.05, 0.1) is 0 Å². The van der Waals surface area contributed by atoms with E-state index in [1.807, 2.05) is 6.92 Å². The minimum absolute atomic E-state index is 0.0827. The normalized spacial score (nSPS) is 12.6. The molecule has 0 saturated heterocycles. The lowest BCUT2D eigenvalue weighted by Crippen LogP contribution is -2.36. The van der Waals surface area contributed by atoms with Crippen molar-refractivity contribution in [2.75, 3.05) is 7.05 Å². The minimum atomic E-state index is -0.0827. The smallest absolute Gasteiger partial charge is 0.272 e. The summed E-state index contributed by atoms with van der Waals surface area (Å²) in [5.41, 5.74) is 0.399. The highest BCUT2D eigenvalue weighted by Gasteiger charge is 2.19. The van der Waals surface area contributed by atoms with Gasteiger partial charge in [-0.25, -0.2) is 4.98 Å². The van der Waals surface area contributed by atoms with E-state index in [1.165, 1.54) is 0 Å². The molecule has 1 atom stereocenters. The van der Waals surface area contributed by atoms with Crippen LogP contribution in [0.4, 0.5) is 0 Å². The Bertz CT molecular complexity index is 393. The molecule has 0 N–H and O–H groups in total. The first-order valence-corrected chi connectivity index (χ1v) is 6.19. The van der Waals surface area contributed by atoms with Gasteiger partial charge in [-0.2, -0.15) is 0 Å². The number of pyridine rings is 1. The molecule has 1 amide bonds. The van der Waals surface area contributed by atoms with Gasteiger partial charge in [-0.15, -0.1) is 0 Å². The molecule has 1 aromatic heterocycles. The van der Waals surface area contributed by atoms with Gasteiger partial charge < -0.3 is 4.90 Å². The Morgan fingerprint density at radius 2 is 2.06 bits per heavy atom. The zero-order valence-electron chi connectivity index (χ0n) is 10.8. The maximum atomic E-state index is 12.1. The average molecular weight is 255 g/mol. The third-order valence-electron chi connectivity index (χ3n) is 2.73. The van der Waals surface area contributed by atoms with Crippen LogP contribution in [0.2, 0.25) is 5.15 Å². The van der Waals surface area contributed by atoms with E-state index in [-0.39, 0.29) is 11.9 Å². The van der Waals surface area contributed by atoms with Gasteiger partial charge >= 0.3 is 0 Å². The number of amides is 1. The van der Waals surface area contributed by atoms with E-state index in [4.69, 9.17) is 11.6 Å². The van der Waals surface area contributed by atoms with Gasteiger partial charge in [0, 0.05) is 13.1 Å². The average Bonchev–Trinajstić information content (AvgIpc) is 2.26. The number of rotatable bonds is 4. The first-order chi connectivity index (χ1) is 7.91. The Morgan fingerprint density at radius 1 is 1.41 bits per heavy atom. The van der Waals surface area contributed by atoms with E-state index in [0.29, 0.717) is 16.8 Å². The highest BCUT2D eigenvalue weighted by Crippen LogP contribution is 2.13. The molecular weight excluding hydrogens is 236 g/mol. The quantitative estimate of drug-likeness (QED) is 0.773. The number of carbonyl (C=O) groups is 1. The highest BCUT2D eigenvalue weighted by molar-refractivity contribution is 6.29. The second kappa shape index (κ2) is 6.01. The molecule has 0 radical (unpaired) electrons. The summed E-state index contributed by atoms with van der Waals surface area (Å²) in [6.45, 7) is 6.33. The molecule has 1 unspecified atom stereocenters. The van der Waals surface area contributed by atoms with Crippen molar-refractivity contribution in [1.29, 1.82) is 0 Å². The number of halogens is 1. The van der Waals surface area contributed by atoms with Gasteiger partial charge in [0.15, 0.2) is 0 Å². The number of nitrogens with zero attached hydrogens (tertiary/aromatic N) is 2. The summed E-state index contributed by atoms with van der Waals surface area (Å²) in [5, 5.41) is 0.348. The minimum Gasteiger partial charge on any atom is -0.338 e. The Morgan fingerprint density at radius 3 is 2.59 bits per heavy atom. The van der Waals surface area contributed by atoms with Crippen molar-refractivity contribution in [1.82, 2.24) is 9.88 Å². The topological polar surface area (TPSA) is 33.2 Å². The molecule has 94 valence electrons. The second-order valence-electron chi connectivity index (χ2n) is 4.74. The number of aromatic nitrogens is 1. The predicted molar refractivity (Wildman–Crippen MR) is 70.3 cm³/mol. The maximum Gasteiger partial charge on any atom is 0.272 e. The van der Waals surface area contributed by atoms with Crippen LogP contribution in [-0.4, -0.2) is 28.9 Å². The largest absolute Gasteiger partial charge is 0.338 e. The van der Waals surface area contributed by atoms with E-state index < -0.39 is 0 Å². The lowest BCUT2D eigenvalue weighted by molar-refractivity contribution is 0.0722. The Kier molecular flexibility index (Phi) is 4.94. The number of carbonyl (C=O) groups excluding carboxylic acids is 1. The van der Waals surface area contributed by atoms with Gasteiger partial charge in [-0.3, -0.25) is 4.79 Å². The van der Waals surface area contributed by atoms with Crippen LogP contribution in [0, 0.1) is 5.92 Å². The van der Waals surface area contributed by atoms with Crippen LogP contribution in [-0.2, 0) is 0 Å². The zero-order valence-corrected chi connectivity index (χ0v) is 11.5. The van der Waals surface area contributed by atoms with Crippen LogP contribution >= 0.6 is 11.6 Å². The Balaban J connectivity index is 2.76. The van der Waals surface area contributed by atoms with Crippen LogP contribution in [0.3, 0.4) is 0 Å². The monoisotopic (exact) mass is 254 g/mol. The van der Waals surface area contributed by atoms with E-state index in [1.54, 1.807) is 30.1 Å². The molecule has 0 aromatic carbocycles. The Hall–Kier alpha value is -1.09. The molecule has 0 aliphatic rings. The van der Waals surface area contributed by atoms with E-state index in [0.717, 1.165) is 6.42 Å². The van der Waals surface area contributed by atoms with Gasteiger partial charge in [-0.05, 0) is 31.4 Å². The first kappa shape index (κ1) is 14.0. The highest BCUT2D eigenvalue weighted by atomic mass is 35.5. The van der Waals surface area contributed by atoms with E-state index >= 15 is 0 Å². The van der Waals surface area contributed by atoms with Crippen molar-refractivity contribution in [2.24, 2.45) is 5.92 Å². The standard InChI is InChI=1S/C13H19ClN2O/c1-9(2)8-10(3)16(4)13(17)11-6-5-7-12(14)15-11/h5-7,9-10H,8H2,1-4H3. The van der Waals surface area contributed by atoms with Crippen molar-refractivity contribution < 1.29 is 4.79 Å². The lowest BCUT2D eigenvalue weighted by atomic mass is 10.0. The Labute approximate surface area is 108 Å². The summed E-state index contributed by atoms with van der Waals surface area (Å²) in [6, 6.07) is 5.29. The molecule has 1 heterocycles. The van der Waals surface area contributed by atoms with Crippen LogP contribution < -0.4 is 0 Å². The van der Waals surface area contributed by atoms with Gasteiger partial charge in [0.1, 0.15) is 10.8 Å². The third-order valence-corrected chi connectivity index (χ3v) is 2.94. The van der Waals surface area contributed by atoms with Crippen LogP contribution in [0.25, 0.3) is 0 Å². The molecule has 0 bridgehead atoms. The third kappa shape index (κ3) is 4.00. The summed E-state index contributed by atoms with van der Waals surface area (Å²) < 4.78 is 0. The van der Waals surface area contributed by atoms with Gasteiger partial charge in [0.25, 0.3) is 5.91 Å². The molecule has 0 spiro atoms. The van der Waals surface area contributed by atoms with E-state index in [2.05, 4.69) is 18.8 Å². The summed E-state index contributed by atoms with van der Waals surface area (Å²) in [4.78, 5) is 17.9. The molecular formula is C13H19ClN2O. The second-order valence-corrected chi connectivity index (χ2v) is 5.13. The van der Waals surface area contributed by atoms with Crippen molar-refractivity contribution in [3.05, 3.63) is 29.0 Å². The molecule has 0 fully saturated rings. The molecule has 3 nitrogen and oxygen atoms in total. The summed E-state index contributed by atoms with van der Waals surface area (Å²) in [6.07, 6.45) is 0.975. The molecule has 0 aliphatic carbocycles. The van der Waals surface area contributed by atoms with Crippen LogP contribution in [0.5, 0.6) is 0 Å². The van der Waals surface area contributed by atoms with E-state index in [9.17, 15) is 4.79 Å². The maximum absolute atomic E-state index is 12.1. The fraction of sp³-hybridized carbons (Fsp3) is 0.538. The molecule has 17 heavy (non-hydrogen) atoms.